The van der Waals surface area contributed by atoms with E-state index in [0.717, 1.165) is 22.4 Å². The van der Waals surface area contributed by atoms with Gasteiger partial charge in [0.2, 0.25) is 0 Å². The number of hydrogen-bond donors (Lipinski definition) is 0. The zero-order chi connectivity index (χ0) is 47.5. The van der Waals surface area contributed by atoms with Crippen molar-refractivity contribution in [2.24, 2.45) is 0 Å². The van der Waals surface area contributed by atoms with Crippen LogP contribution in [0.4, 0.5) is 0 Å². The minimum Gasteiger partial charge on any atom is -0.164 e. The van der Waals surface area contributed by atoms with Gasteiger partial charge in [-0.3, -0.25) is 0 Å². The molecule has 0 aliphatic rings. The van der Waals surface area contributed by atoms with Gasteiger partial charge in [0.1, 0.15) is 0 Å². The summed E-state index contributed by atoms with van der Waals surface area (Å²) in [6, 6.07) is 55.3. The van der Waals surface area contributed by atoms with Crippen molar-refractivity contribution in [1.29, 1.82) is 0 Å². The van der Waals surface area contributed by atoms with Gasteiger partial charge in [-0.2, -0.15) is 12.1 Å². The summed E-state index contributed by atoms with van der Waals surface area (Å²) in [5, 5.41) is 5.44. The van der Waals surface area contributed by atoms with Crippen LogP contribution < -0.4 is 0 Å². The topological polar surface area (TPSA) is 0 Å². The molecule has 0 aliphatic heterocycles. The molecular formula is C64H76SiZr. The molecule has 0 heterocycles. The van der Waals surface area contributed by atoms with E-state index in [2.05, 4.69) is 256 Å². The van der Waals surface area contributed by atoms with Crippen LogP contribution in [0.5, 0.6) is 0 Å². The molecule has 0 N–H and O–H groups in total. The third kappa shape index (κ3) is 12.2. The monoisotopic (exact) mass is 962 g/mol. The van der Waals surface area contributed by atoms with Crippen LogP contribution in [0.2, 0.25) is 13.1 Å². The molecule has 66 heavy (non-hydrogen) atoms. The zero-order valence-electron chi connectivity index (χ0n) is 43.3. The summed E-state index contributed by atoms with van der Waals surface area (Å²) in [4.78, 5) is 0. The van der Waals surface area contributed by atoms with Crippen LogP contribution in [-0.4, -0.2) is 9.52 Å². The number of rotatable bonds is 6. The summed E-state index contributed by atoms with van der Waals surface area (Å²) in [5.41, 5.74) is 19.5. The van der Waals surface area contributed by atoms with Crippen molar-refractivity contribution in [1.82, 2.24) is 0 Å². The molecule has 0 aromatic heterocycles. The average molecular weight is 965 g/mol. The Morgan fingerprint density at radius 1 is 0.348 bits per heavy atom. The standard InChI is InChI=1S/2C31H35.C2H6Si.Zr/c2*1-8-21-19-28-26(22-9-13-24(14-10-22)30(2,3)4)17-18-27(29(28)20-21)23-11-15-25(16-12-23)31(5,6)7;1-3-2;/h2*9-20H,8H2,1-7H3;1-2H3;/q2*-1;;+2. The molecular weight excluding hydrogens is 888 g/mol. The quantitative estimate of drug-likeness (QED) is 0.115. The summed E-state index contributed by atoms with van der Waals surface area (Å²) in [6.45, 7) is 36.0. The molecule has 340 valence electrons. The van der Waals surface area contributed by atoms with E-state index in [0.29, 0.717) is 0 Å². The summed E-state index contributed by atoms with van der Waals surface area (Å²) in [6.07, 6.45) is 2.11. The van der Waals surface area contributed by atoms with Gasteiger partial charge < -0.3 is 0 Å². The van der Waals surface area contributed by atoms with Crippen LogP contribution in [0.25, 0.3) is 66.1 Å². The Morgan fingerprint density at radius 2 is 0.561 bits per heavy atom. The Kier molecular flexibility index (Phi) is 17.0. The summed E-state index contributed by atoms with van der Waals surface area (Å²) in [7, 11) is 1.08. The van der Waals surface area contributed by atoms with Crippen LogP contribution in [0.3, 0.4) is 0 Å². The molecule has 2 radical (unpaired) electrons. The first-order valence-electron chi connectivity index (χ1n) is 24.0. The largest absolute Gasteiger partial charge is 2.00 e. The number of benzene rings is 6. The van der Waals surface area contributed by atoms with Gasteiger partial charge in [-0.15, -0.1) is 44.8 Å². The van der Waals surface area contributed by atoms with Crippen molar-refractivity contribution in [3.8, 4) is 44.5 Å². The van der Waals surface area contributed by atoms with E-state index in [9.17, 15) is 0 Å². The molecule has 0 amide bonds. The SMILES string of the molecule is CCc1cc2c(-c3ccc(C(C)(C)C)cc3)ccc(-c3ccc(C(C)(C)C)cc3)c2[cH-]1.CCc1cc2c(-c3ccc(C(C)(C)C)cc3)ccc(-c3ccc(C(C)(C)C)cc3)c2[cH-]1.C[Si]C.[Zr+2]. The van der Waals surface area contributed by atoms with Gasteiger partial charge in [0.05, 0.1) is 0 Å². The number of hydrogen-bond acceptors (Lipinski definition) is 0. The molecule has 0 atom stereocenters. The van der Waals surface area contributed by atoms with E-state index < -0.39 is 0 Å². The first kappa shape index (κ1) is 52.6. The Balaban J connectivity index is 0.000000230. The fourth-order valence-corrected chi connectivity index (χ4v) is 8.73. The van der Waals surface area contributed by atoms with Crippen molar-refractivity contribution < 1.29 is 26.2 Å². The molecule has 8 rings (SSSR count). The van der Waals surface area contributed by atoms with E-state index in [1.807, 2.05) is 0 Å². The number of fused-ring (bicyclic) bond motifs is 2. The first-order chi connectivity index (χ1) is 30.6. The van der Waals surface area contributed by atoms with Crippen LogP contribution in [-0.2, 0) is 60.7 Å². The molecule has 0 fully saturated rings. The van der Waals surface area contributed by atoms with E-state index in [1.165, 1.54) is 99.4 Å². The first-order valence-corrected chi connectivity index (χ1v) is 26.0. The minimum atomic E-state index is 0. The molecule has 0 aliphatic carbocycles. The van der Waals surface area contributed by atoms with E-state index in [4.69, 9.17) is 0 Å². The fourth-order valence-electron chi connectivity index (χ4n) is 8.73. The second-order valence-corrected chi connectivity index (χ2v) is 23.2. The van der Waals surface area contributed by atoms with Crippen LogP contribution in [0.1, 0.15) is 130 Å². The summed E-state index contributed by atoms with van der Waals surface area (Å²) >= 11 is 0. The predicted molar refractivity (Wildman–Crippen MR) is 292 cm³/mol. The number of aryl methyl sites for hydroxylation is 2. The van der Waals surface area contributed by atoms with Crippen LogP contribution in [0, 0.1) is 0 Å². The maximum absolute atomic E-state index is 2.38. The van der Waals surface area contributed by atoms with Gasteiger partial charge in [0, 0.05) is 9.52 Å². The van der Waals surface area contributed by atoms with E-state index in [1.54, 1.807) is 0 Å². The molecule has 8 aromatic rings. The molecule has 0 unspecified atom stereocenters. The molecule has 2 heteroatoms. The molecule has 0 spiro atoms. The normalized spacial score (nSPS) is 12.0. The van der Waals surface area contributed by atoms with Crippen LogP contribution in [0.15, 0.2) is 146 Å². The summed E-state index contributed by atoms with van der Waals surface area (Å²) < 4.78 is 0. The maximum Gasteiger partial charge on any atom is 2.00 e. The Morgan fingerprint density at radius 3 is 0.773 bits per heavy atom. The third-order valence-electron chi connectivity index (χ3n) is 13.0. The molecule has 8 aromatic carbocycles. The van der Waals surface area contributed by atoms with Gasteiger partial charge in [-0.1, -0.05) is 265 Å². The molecule has 0 nitrogen and oxygen atoms in total. The minimum absolute atomic E-state index is 0. The maximum atomic E-state index is 2.38. The van der Waals surface area contributed by atoms with Crippen LogP contribution >= 0.6 is 0 Å². The van der Waals surface area contributed by atoms with Crippen molar-refractivity contribution >= 4 is 31.1 Å². The van der Waals surface area contributed by atoms with Gasteiger partial charge in [-0.25, -0.2) is 0 Å². The van der Waals surface area contributed by atoms with Crippen molar-refractivity contribution in [3.63, 3.8) is 0 Å². The average Bonchev–Trinajstić information content (AvgIpc) is 3.91. The van der Waals surface area contributed by atoms with Crippen molar-refractivity contribution in [3.05, 3.63) is 179 Å². The second-order valence-electron chi connectivity index (χ2n) is 22.2. The van der Waals surface area contributed by atoms with Gasteiger partial charge in [0.25, 0.3) is 0 Å². The Labute approximate surface area is 422 Å². The zero-order valence-corrected chi connectivity index (χ0v) is 46.7. The molecule has 0 saturated carbocycles. The predicted octanol–water partition coefficient (Wildman–Crippen LogP) is 18.9. The van der Waals surface area contributed by atoms with Crippen molar-refractivity contribution in [2.45, 2.75) is 145 Å². The fraction of sp³-hybridized carbons (Fsp3) is 0.344. The van der Waals surface area contributed by atoms with Gasteiger partial charge >= 0.3 is 26.2 Å². The smallest absolute Gasteiger partial charge is 0.164 e. The van der Waals surface area contributed by atoms with Crippen molar-refractivity contribution in [2.75, 3.05) is 0 Å². The molecule has 0 bridgehead atoms. The third-order valence-corrected chi connectivity index (χ3v) is 13.0. The molecule has 0 saturated heterocycles. The van der Waals surface area contributed by atoms with E-state index >= 15 is 0 Å². The Hall–Kier alpha value is -4.36. The Bertz CT molecular complexity index is 2410. The van der Waals surface area contributed by atoms with Gasteiger partial charge in [0.15, 0.2) is 0 Å². The second kappa shape index (κ2) is 21.3. The van der Waals surface area contributed by atoms with Gasteiger partial charge in [-0.05, 0) is 67.9 Å². The van der Waals surface area contributed by atoms with E-state index in [-0.39, 0.29) is 47.9 Å². The summed E-state index contributed by atoms with van der Waals surface area (Å²) in [5.74, 6) is 0.